The first-order valence-electron chi connectivity index (χ1n) is 6.48. The molecule has 0 bridgehead atoms. The van der Waals surface area contributed by atoms with Crippen LogP contribution in [0.4, 0.5) is 0 Å². The van der Waals surface area contributed by atoms with Crippen molar-refractivity contribution in [3.05, 3.63) is 0 Å². The van der Waals surface area contributed by atoms with E-state index in [0.717, 1.165) is 0 Å². The molecule has 0 heterocycles. The van der Waals surface area contributed by atoms with Gasteiger partial charge in [0.2, 0.25) is 5.91 Å². The number of nitrogens with zero attached hydrogens (tertiary/aromatic N) is 1. The van der Waals surface area contributed by atoms with Gasteiger partial charge in [-0.3, -0.25) is 4.79 Å². The minimum absolute atomic E-state index is 0.154. The van der Waals surface area contributed by atoms with Crippen LogP contribution in [0.3, 0.4) is 0 Å². The molecule has 0 saturated heterocycles. The first-order chi connectivity index (χ1) is 8.74. The van der Waals surface area contributed by atoms with Crippen molar-refractivity contribution in [2.45, 2.75) is 52.4 Å². The van der Waals surface area contributed by atoms with Gasteiger partial charge in [0.25, 0.3) is 0 Å². The van der Waals surface area contributed by atoms with Crippen LogP contribution in [0.15, 0.2) is 0 Å². The van der Waals surface area contributed by atoms with Crippen molar-refractivity contribution in [3.63, 3.8) is 0 Å². The molecule has 0 fully saturated rings. The number of halogens is 1. The molecular formula is C13H24ClNO4. The second kappa shape index (κ2) is 7.70. The van der Waals surface area contributed by atoms with Crippen molar-refractivity contribution in [2.75, 3.05) is 12.9 Å². The third-order valence-electron chi connectivity index (χ3n) is 3.45. The summed E-state index contributed by atoms with van der Waals surface area (Å²) in [6.45, 7) is 6.83. The Labute approximate surface area is 119 Å². The lowest BCUT2D eigenvalue weighted by molar-refractivity contribution is -0.199. The zero-order valence-corrected chi connectivity index (χ0v) is 13.0. The molecule has 1 amide bonds. The van der Waals surface area contributed by atoms with Gasteiger partial charge in [0, 0.05) is 25.3 Å². The molecule has 0 aromatic rings. The summed E-state index contributed by atoms with van der Waals surface area (Å²) in [6.07, 6.45) is -0.628. The van der Waals surface area contributed by atoms with Crippen molar-refractivity contribution < 1.29 is 19.4 Å². The highest BCUT2D eigenvalue weighted by Crippen LogP contribution is 2.28. The average molecular weight is 294 g/mol. The van der Waals surface area contributed by atoms with Gasteiger partial charge in [-0.05, 0) is 13.3 Å². The zero-order chi connectivity index (χ0) is 15.2. The van der Waals surface area contributed by atoms with E-state index in [2.05, 4.69) is 0 Å². The van der Waals surface area contributed by atoms with Crippen LogP contribution in [-0.4, -0.2) is 46.6 Å². The van der Waals surface area contributed by atoms with Crippen molar-refractivity contribution in [2.24, 2.45) is 5.92 Å². The van der Waals surface area contributed by atoms with E-state index in [1.54, 1.807) is 34.7 Å². The summed E-state index contributed by atoms with van der Waals surface area (Å²) in [5, 5.41) is 9.51. The SMILES string of the molecule is CCC(=O)N(C)C(C)(OC(=O)C(O)CC)C(C)CCl. The van der Waals surface area contributed by atoms with E-state index in [0.29, 0.717) is 6.42 Å². The molecule has 19 heavy (non-hydrogen) atoms. The number of hydrogen-bond acceptors (Lipinski definition) is 4. The lowest BCUT2D eigenvalue weighted by atomic mass is 9.99. The van der Waals surface area contributed by atoms with Crippen LogP contribution in [0.1, 0.15) is 40.5 Å². The van der Waals surface area contributed by atoms with Gasteiger partial charge in [0.1, 0.15) is 0 Å². The molecule has 0 rings (SSSR count). The fraction of sp³-hybridized carbons (Fsp3) is 0.846. The normalized spacial score (nSPS) is 17.2. The van der Waals surface area contributed by atoms with Gasteiger partial charge in [0.05, 0.1) is 0 Å². The standard InChI is InChI=1S/C13H24ClNO4/c1-6-10(16)12(18)19-13(4,9(3)8-14)15(5)11(17)7-2/h9-10,16H,6-8H2,1-5H3. The number of aliphatic hydroxyl groups is 1. The summed E-state index contributed by atoms with van der Waals surface area (Å²) in [6, 6.07) is 0. The Bertz CT molecular complexity index is 324. The number of carbonyl (C=O) groups is 2. The lowest BCUT2D eigenvalue weighted by Crippen LogP contribution is -2.56. The highest BCUT2D eigenvalue weighted by atomic mass is 35.5. The van der Waals surface area contributed by atoms with Crippen LogP contribution >= 0.6 is 11.6 Å². The molecule has 5 nitrogen and oxygen atoms in total. The second-order valence-corrected chi connectivity index (χ2v) is 5.07. The highest BCUT2D eigenvalue weighted by molar-refractivity contribution is 6.18. The van der Waals surface area contributed by atoms with E-state index in [1.165, 1.54) is 4.90 Å². The minimum Gasteiger partial charge on any atom is -0.437 e. The van der Waals surface area contributed by atoms with Gasteiger partial charge < -0.3 is 14.7 Å². The van der Waals surface area contributed by atoms with E-state index in [4.69, 9.17) is 16.3 Å². The average Bonchev–Trinajstić information content (AvgIpc) is 2.42. The maximum absolute atomic E-state index is 11.8. The molecule has 1 N–H and O–H groups in total. The molecular weight excluding hydrogens is 270 g/mol. The van der Waals surface area contributed by atoms with Crippen LogP contribution in [0.2, 0.25) is 0 Å². The number of aliphatic hydroxyl groups excluding tert-OH is 1. The Morgan fingerprint density at radius 1 is 1.42 bits per heavy atom. The molecule has 0 aromatic carbocycles. The van der Waals surface area contributed by atoms with E-state index in [9.17, 15) is 14.7 Å². The van der Waals surface area contributed by atoms with Crippen LogP contribution < -0.4 is 0 Å². The van der Waals surface area contributed by atoms with Crippen molar-refractivity contribution in [1.82, 2.24) is 4.90 Å². The molecule has 0 saturated carbocycles. The number of hydrogen-bond donors (Lipinski definition) is 1. The largest absolute Gasteiger partial charge is 0.437 e. The van der Waals surface area contributed by atoms with Crippen molar-refractivity contribution in [3.8, 4) is 0 Å². The molecule has 0 radical (unpaired) electrons. The van der Waals surface area contributed by atoms with E-state index >= 15 is 0 Å². The number of esters is 1. The maximum Gasteiger partial charge on any atom is 0.337 e. The van der Waals surface area contributed by atoms with Crippen LogP contribution in [0.25, 0.3) is 0 Å². The molecule has 0 aliphatic heterocycles. The van der Waals surface area contributed by atoms with Gasteiger partial charge >= 0.3 is 5.97 Å². The van der Waals surface area contributed by atoms with Crippen molar-refractivity contribution >= 4 is 23.5 Å². The monoisotopic (exact) mass is 293 g/mol. The molecule has 3 unspecified atom stereocenters. The molecule has 3 atom stereocenters. The molecule has 0 spiro atoms. The van der Waals surface area contributed by atoms with Gasteiger partial charge in [0.15, 0.2) is 11.8 Å². The fourth-order valence-electron chi connectivity index (χ4n) is 1.57. The quantitative estimate of drug-likeness (QED) is 0.441. The zero-order valence-electron chi connectivity index (χ0n) is 12.3. The third-order valence-corrected chi connectivity index (χ3v) is 3.92. The topological polar surface area (TPSA) is 66.8 Å². The molecule has 0 aliphatic carbocycles. The molecule has 0 aliphatic rings. The van der Waals surface area contributed by atoms with Crippen LogP contribution in [-0.2, 0) is 14.3 Å². The maximum atomic E-state index is 11.8. The summed E-state index contributed by atoms with van der Waals surface area (Å²) < 4.78 is 5.36. The second-order valence-electron chi connectivity index (χ2n) is 4.76. The molecule has 0 aromatic heterocycles. The molecule has 6 heteroatoms. The first-order valence-corrected chi connectivity index (χ1v) is 7.01. The third kappa shape index (κ3) is 4.35. The van der Waals surface area contributed by atoms with Gasteiger partial charge in [-0.15, -0.1) is 11.6 Å². The minimum atomic E-state index is -1.19. The predicted octanol–water partition coefficient (Wildman–Crippen LogP) is 1.76. The summed E-state index contributed by atoms with van der Waals surface area (Å²) in [5.74, 6) is -0.925. The summed E-state index contributed by atoms with van der Waals surface area (Å²) in [4.78, 5) is 25.0. The number of amides is 1. The first kappa shape index (κ1) is 18.2. The van der Waals surface area contributed by atoms with E-state index in [1.807, 2.05) is 0 Å². The van der Waals surface area contributed by atoms with E-state index < -0.39 is 17.8 Å². The van der Waals surface area contributed by atoms with Gasteiger partial charge in [-0.1, -0.05) is 20.8 Å². The Kier molecular flexibility index (Phi) is 7.37. The predicted molar refractivity (Wildman–Crippen MR) is 73.7 cm³/mol. The highest BCUT2D eigenvalue weighted by Gasteiger charge is 2.41. The Morgan fingerprint density at radius 2 is 1.95 bits per heavy atom. The summed E-state index contributed by atoms with van der Waals surface area (Å²) in [5.41, 5.74) is -1.16. The smallest absolute Gasteiger partial charge is 0.337 e. The lowest BCUT2D eigenvalue weighted by Gasteiger charge is -2.42. The Hall–Kier alpha value is -0.810. The summed E-state index contributed by atoms with van der Waals surface area (Å²) >= 11 is 5.83. The number of ether oxygens (including phenoxy) is 1. The van der Waals surface area contributed by atoms with Crippen LogP contribution in [0.5, 0.6) is 0 Å². The molecule has 112 valence electrons. The Balaban J connectivity index is 5.19. The van der Waals surface area contributed by atoms with E-state index in [-0.39, 0.29) is 24.1 Å². The van der Waals surface area contributed by atoms with Gasteiger partial charge in [-0.2, -0.15) is 0 Å². The van der Waals surface area contributed by atoms with Crippen molar-refractivity contribution in [1.29, 1.82) is 0 Å². The number of carbonyl (C=O) groups excluding carboxylic acids is 2. The fourth-order valence-corrected chi connectivity index (χ4v) is 1.85. The number of rotatable bonds is 7. The van der Waals surface area contributed by atoms with Crippen LogP contribution in [0, 0.1) is 5.92 Å². The Morgan fingerprint density at radius 3 is 2.32 bits per heavy atom. The van der Waals surface area contributed by atoms with Gasteiger partial charge in [-0.25, -0.2) is 4.79 Å². The summed E-state index contributed by atoms with van der Waals surface area (Å²) in [7, 11) is 1.57. The number of alkyl halides is 1.